The summed E-state index contributed by atoms with van der Waals surface area (Å²) in [5, 5.41) is 8.62. The molecule has 1 aliphatic rings. The smallest absolute Gasteiger partial charge is 0.224 e. The lowest BCUT2D eigenvalue weighted by molar-refractivity contribution is -0.117. The van der Waals surface area contributed by atoms with Crippen LogP contribution in [0.5, 0.6) is 0 Å². The average Bonchev–Trinajstić information content (AvgIpc) is 2.51. The van der Waals surface area contributed by atoms with Gasteiger partial charge in [-0.3, -0.25) is 4.79 Å². The van der Waals surface area contributed by atoms with Crippen LogP contribution in [0.25, 0.3) is 10.8 Å². The Balaban J connectivity index is 1.75. The molecule has 1 saturated heterocycles. The lowest BCUT2D eigenvalue weighted by Crippen LogP contribution is -2.32. The van der Waals surface area contributed by atoms with Crippen LogP contribution in [-0.2, 0) is 4.79 Å². The van der Waals surface area contributed by atoms with E-state index in [-0.39, 0.29) is 5.91 Å². The molecule has 1 aliphatic heterocycles. The van der Waals surface area contributed by atoms with Gasteiger partial charge in [0.05, 0.1) is 0 Å². The molecule has 0 bridgehead atoms. The summed E-state index contributed by atoms with van der Waals surface area (Å²) in [5.41, 5.74) is 0.891. The highest BCUT2D eigenvalue weighted by Crippen LogP contribution is 2.30. The second kappa shape index (κ2) is 6.58. The van der Waals surface area contributed by atoms with Crippen molar-refractivity contribution in [1.29, 1.82) is 0 Å². The van der Waals surface area contributed by atoms with Crippen molar-refractivity contribution in [2.75, 3.05) is 18.4 Å². The van der Waals surface area contributed by atoms with Gasteiger partial charge < -0.3 is 10.6 Å². The van der Waals surface area contributed by atoms with Crippen LogP contribution in [0.2, 0.25) is 0 Å². The van der Waals surface area contributed by atoms with Gasteiger partial charge >= 0.3 is 0 Å². The van der Waals surface area contributed by atoms with Crippen molar-refractivity contribution in [3.8, 4) is 0 Å². The fourth-order valence-corrected chi connectivity index (χ4v) is 3.41. The Labute approximate surface area is 133 Å². The van der Waals surface area contributed by atoms with Crippen LogP contribution >= 0.6 is 15.9 Å². The van der Waals surface area contributed by atoms with Crippen molar-refractivity contribution >= 4 is 38.3 Å². The van der Waals surface area contributed by atoms with E-state index in [1.165, 1.54) is 6.42 Å². The van der Waals surface area contributed by atoms with Gasteiger partial charge in [0.2, 0.25) is 5.91 Å². The quantitative estimate of drug-likeness (QED) is 0.883. The molecule has 0 saturated carbocycles. The second-order valence-electron chi connectivity index (χ2n) is 5.61. The van der Waals surface area contributed by atoms with Crippen LogP contribution in [0.1, 0.15) is 19.3 Å². The number of halogens is 1. The van der Waals surface area contributed by atoms with Crippen molar-refractivity contribution in [2.45, 2.75) is 19.3 Å². The van der Waals surface area contributed by atoms with Crippen molar-refractivity contribution in [1.82, 2.24) is 5.32 Å². The number of rotatable bonds is 3. The summed E-state index contributed by atoms with van der Waals surface area (Å²) in [6.45, 7) is 2.03. The molecule has 1 amide bonds. The Hall–Kier alpha value is -1.39. The predicted molar refractivity (Wildman–Crippen MR) is 90.5 cm³/mol. The first kappa shape index (κ1) is 14.5. The average molecular weight is 347 g/mol. The monoisotopic (exact) mass is 346 g/mol. The van der Waals surface area contributed by atoms with Gasteiger partial charge in [-0.15, -0.1) is 0 Å². The van der Waals surface area contributed by atoms with Crippen LogP contribution in [0, 0.1) is 5.92 Å². The highest BCUT2D eigenvalue weighted by atomic mass is 79.9. The van der Waals surface area contributed by atoms with Gasteiger partial charge in [0.25, 0.3) is 0 Å². The molecule has 1 atom stereocenters. The largest absolute Gasteiger partial charge is 0.326 e. The number of piperidine rings is 1. The van der Waals surface area contributed by atoms with Crippen molar-refractivity contribution in [2.24, 2.45) is 5.92 Å². The van der Waals surface area contributed by atoms with E-state index in [0.717, 1.165) is 40.4 Å². The summed E-state index contributed by atoms with van der Waals surface area (Å²) >= 11 is 3.56. The zero-order valence-electron chi connectivity index (χ0n) is 11.9. The molecule has 3 nitrogen and oxygen atoms in total. The van der Waals surface area contributed by atoms with Crippen molar-refractivity contribution in [3.05, 3.63) is 40.9 Å². The molecule has 1 heterocycles. The highest BCUT2D eigenvalue weighted by Gasteiger charge is 2.17. The first-order valence-electron chi connectivity index (χ1n) is 7.42. The Morgan fingerprint density at radius 1 is 1.24 bits per heavy atom. The van der Waals surface area contributed by atoms with E-state index in [1.807, 2.05) is 30.3 Å². The van der Waals surface area contributed by atoms with E-state index < -0.39 is 0 Å². The molecule has 1 fully saturated rings. The highest BCUT2D eigenvalue weighted by molar-refractivity contribution is 9.10. The van der Waals surface area contributed by atoms with E-state index in [9.17, 15) is 4.79 Å². The van der Waals surface area contributed by atoms with Gasteiger partial charge in [0, 0.05) is 22.0 Å². The van der Waals surface area contributed by atoms with Crippen LogP contribution in [0.3, 0.4) is 0 Å². The molecule has 2 aromatic carbocycles. The Morgan fingerprint density at radius 2 is 2.05 bits per heavy atom. The number of benzene rings is 2. The molecule has 4 heteroatoms. The molecule has 2 N–H and O–H groups in total. The predicted octanol–water partition coefficient (Wildman–Crippen LogP) is 3.93. The van der Waals surface area contributed by atoms with Crippen LogP contribution in [0.4, 0.5) is 5.69 Å². The van der Waals surface area contributed by atoms with Gasteiger partial charge in [0.15, 0.2) is 0 Å². The van der Waals surface area contributed by atoms with Crippen molar-refractivity contribution < 1.29 is 4.79 Å². The van der Waals surface area contributed by atoms with Crippen LogP contribution in [0.15, 0.2) is 40.9 Å². The molecule has 0 radical (unpaired) electrons. The maximum atomic E-state index is 12.3. The Morgan fingerprint density at radius 3 is 2.81 bits per heavy atom. The molecule has 1 unspecified atom stereocenters. The molecular weight excluding hydrogens is 328 g/mol. The van der Waals surface area contributed by atoms with Crippen molar-refractivity contribution in [3.63, 3.8) is 0 Å². The molecular formula is C17H19BrN2O. The third-order valence-corrected chi connectivity index (χ3v) is 4.71. The third kappa shape index (κ3) is 3.44. The maximum Gasteiger partial charge on any atom is 0.224 e. The summed E-state index contributed by atoms with van der Waals surface area (Å²) in [6, 6.07) is 12.0. The SMILES string of the molecule is O=C(CC1CCCNC1)Nc1ccc(Br)c2ccccc12. The standard InChI is InChI=1S/C17H19BrN2O/c18-15-7-8-16(14-6-2-1-5-13(14)15)20-17(21)10-12-4-3-9-19-11-12/h1-2,5-8,12,19H,3-4,9-11H2,(H,20,21). The van der Waals surface area contributed by atoms with Gasteiger partial charge in [0.1, 0.15) is 0 Å². The molecule has 3 rings (SSSR count). The molecule has 21 heavy (non-hydrogen) atoms. The first-order chi connectivity index (χ1) is 10.2. The number of hydrogen-bond acceptors (Lipinski definition) is 2. The number of hydrogen-bond donors (Lipinski definition) is 2. The number of nitrogens with one attached hydrogen (secondary N) is 2. The molecule has 0 aliphatic carbocycles. The minimum atomic E-state index is 0.108. The van der Waals surface area contributed by atoms with Gasteiger partial charge in [-0.25, -0.2) is 0 Å². The number of carbonyl (C=O) groups excluding carboxylic acids is 1. The van der Waals surface area contributed by atoms with Gasteiger partial charge in [-0.05, 0) is 49.4 Å². The number of carbonyl (C=O) groups is 1. The minimum absolute atomic E-state index is 0.108. The fourth-order valence-electron chi connectivity index (χ4n) is 2.93. The number of anilines is 1. The van der Waals surface area contributed by atoms with Gasteiger partial charge in [-0.1, -0.05) is 40.2 Å². The normalized spacial score (nSPS) is 18.6. The summed E-state index contributed by atoms with van der Waals surface area (Å²) in [6.07, 6.45) is 2.90. The molecule has 2 aromatic rings. The molecule has 0 aromatic heterocycles. The summed E-state index contributed by atoms with van der Waals surface area (Å²) in [5.74, 6) is 0.566. The zero-order chi connectivity index (χ0) is 14.7. The Kier molecular flexibility index (Phi) is 4.56. The fraction of sp³-hybridized carbons (Fsp3) is 0.353. The Bertz CT molecular complexity index is 650. The minimum Gasteiger partial charge on any atom is -0.326 e. The van der Waals surface area contributed by atoms with Crippen LogP contribution < -0.4 is 10.6 Å². The van der Waals surface area contributed by atoms with Crippen LogP contribution in [-0.4, -0.2) is 19.0 Å². The van der Waals surface area contributed by atoms with E-state index in [4.69, 9.17) is 0 Å². The van der Waals surface area contributed by atoms with E-state index >= 15 is 0 Å². The van der Waals surface area contributed by atoms with E-state index in [0.29, 0.717) is 12.3 Å². The maximum absolute atomic E-state index is 12.3. The zero-order valence-corrected chi connectivity index (χ0v) is 13.4. The first-order valence-corrected chi connectivity index (χ1v) is 8.21. The third-order valence-electron chi connectivity index (χ3n) is 4.02. The van der Waals surface area contributed by atoms with Gasteiger partial charge in [-0.2, -0.15) is 0 Å². The number of amides is 1. The summed E-state index contributed by atoms with van der Waals surface area (Å²) in [4.78, 5) is 12.3. The topological polar surface area (TPSA) is 41.1 Å². The second-order valence-corrected chi connectivity index (χ2v) is 6.46. The lowest BCUT2D eigenvalue weighted by Gasteiger charge is -2.22. The lowest BCUT2D eigenvalue weighted by atomic mass is 9.96. The van der Waals surface area contributed by atoms with E-state index in [1.54, 1.807) is 0 Å². The van der Waals surface area contributed by atoms with E-state index in [2.05, 4.69) is 32.6 Å². The number of fused-ring (bicyclic) bond motifs is 1. The molecule has 110 valence electrons. The summed E-state index contributed by atoms with van der Waals surface area (Å²) < 4.78 is 1.05. The molecule has 0 spiro atoms. The summed E-state index contributed by atoms with van der Waals surface area (Å²) in [7, 11) is 0.